The first kappa shape index (κ1) is 15.8. The molecule has 0 rings (SSSR count). The van der Waals surface area contributed by atoms with Gasteiger partial charge in [-0.25, -0.2) is 0 Å². The fourth-order valence-corrected chi connectivity index (χ4v) is 2.56. The van der Waals surface area contributed by atoms with Crippen molar-refractivity contribution in [2.24, 2.45) is 0 Å². The molecule has 0 aliphatic heterocycles. The second-order valence-electron chi connectivity index (χ2n) is 4.28. The van der Waals surface area contributed by atoms with Crippen LogP contribution >= 0.6 is 0 Å². The number of aliphatic hydroxyl groups excluding tert-OH is 1. The summed E-state index contributed by atoms with van der Waals surface area (Å²) >= 11 is 0. The van der Waals surface area contributed by atoms with E-state index >= 15 is 0 Å². The Kier molecular flexibility index (Phi) is 7.14. The van der Waals surface area contributed by atoms with E-state index < -0.39 is 16.3 Å². The zero-order valence-electron chi connectivity index (χ0n) is 10.6. The van der Waals surface area contributed by atoms with Crippen molar-refractivity contribution in [3.05, 3.63) is 0 Å². The summed E-state index contributed by atoms with van der Waals surface area (Å²) in [6.45, 7) is 5.93. The van der Waals surface area contributed by atoms with E-state index in [2.05, 4.69) is 4.72 Å². The number of nitrogens with zero attached hydrogens (tertiary/aromatic N) is 1. The molecule has 0 aliphatic carbocycles. The Morgan fingerprint density at radius 1 is 1.38 bits per heavy atom. The Morgan fingerprint density at radius 3 is 2.38 bits per heavy atom. The Labute approximate surface area is 99.0 Å². The topological polar surface area (TPSA) is 69.6 Å². The summed E-state index contributed by atoms with van der Waals surface area (Å²) in [5.74, 6) is 0. The van der Waals surface area contributed by atoms with Crippen LogP contribution in [-0.2, 0) is 10.2 Å². The summed E-state index contributed by atoms with van der Waals surface area (Å²) in [6, 6.07) is -0.255. The molecule has 5 nitrogen and oxygen atoms in total. The molecule has 0 aliphatic rings. The maximum atomic E-state index is 11.8. The van der Waals surface area contributed by atoms with Gasteiger partial charge in [0.15, 0.2) is 0 Å². The highest BCUT2D eigenvalue weighted by Gasteiger charge is 2.20. The fourth-order valence-electron chi connectivity index (χ4n) is 1.40. The molecule has 2 atom stereocenters. The van der Waals surface area contributed by atoms with Gasteiger partial charge in [0.1, 0.15) is 0 Å². The van der Waals surface area contributed by atoms with E-state index in [4.69, 9.17) is 5.11 Å². The van der Waals surface area contributed by atoms with Crippen LogP contribution in [0, 0.1) is 0 Å². The second kappa shape index (κ2) is 7.21. The lowest BCUT2D eigenvalue weighted by atomic mass is 10.2. The highest BCUT2D eigenvalue weighted by molar-refractivity contribution is 7.87. The predicted octanol–water partition coefficient (Wildman–Crippen LogP) is 0.712. The van der Waals surface area contributed by atoms with E-state index in [-0.39, 0.29) is 6.04 Å². The lowest BCUT2D eigenvalue weighted by Gasteiger charge is -2.21. The molecule has 0 aromatic heterocycles. The SMILES string of the molecule is CCCCN(C)S(=O)(=O)NC(C)CC(C)O. The summed E-state index contributed by atoms with van der Waals surface area (Å²) in [4.78, 5) is 0. The van der Waals surface area contributed by atoms with Gasteiger partial charge in [-0.15, -0.1) is 0 Å². The largest absolute Gasteiger partial charge is 0.393 e. The van der Waals surface area contributed by atoms with E-state index in [0.29, 0.717) is 13.0 Å². The summed E-state index contributed by atoms with van der Waals surface area (Å²) in [7, 11) is -1.84. The normalized spacial score (nSPS) is 16.4. The van der Waals surface area contributed by atoms with Crippen molar-refractivity contribution in [3.8, 4) is 0 Å². The van der Waals surface area contributed by atoms with Gasteiger partial charge in [0.25, 0.3) is 10.2 Å². The van der Waals surface area contributed by atoms with Gasteiger partial charge in [-0.3, -0.25) is 0 Å². The number of aliphatic hydroxyl groups is 1. The monoisotopic (exact) mass is 252 g/mol. The highest BCUT2D eigenvalue weighted by Crippen LogP contribution is 2.03. The van der Waals surface area contributed by atoms with Gasteiger partial charge in [0.05, 0.1) is 6.10 Å². The molecular formula is C10H24N2O3S. The number of hydrogen-bond donors (Lipinski definition) is 2. The number of hydrogen-bond acceptors (Lipinski definition) is 3. The third-order valence-electron chi connectivity index (χ3n) is 2.28. The standard InChI is InChI=1S/C10H24N2O3S/c1-5-6-7-12(4)16(14,15)11-9(2)8-10(3)13/h9-11,13H,5-8H2,1-4H3. The van der Waals surface area contributed by atoms with Gasteiger partial charge in [0, 0.05) is 19.6 Å². The van der Waals surface area contributed by atoms with Crippen LogP contribution in [0.25, 0.3) is 0 Å². The first-order valence-corrected chi connectivity index (χ1v) is 7.15. The molecule has 2 N–H and O–H groups in total. The van der Waals surface area contributed by atoms with Crippen LogP contribution in [0.3, 0.4) is 0 Å². The third kappa shape index (κ3) is 6.42. The lowest BCUT2D eigenvalue weighted by Crippen LogP contribution is -2.43. The molecule has 2 unspecified atom stereocenters. The number of nitrogens with one attached hydrogen (secondary N) is 1. The number of unbranched alkanes of at least 4 members (excludes halogenated alkanes) is 1. The van der Waals surface area contributed by atoms with Crippen LogP contribution in [0.5, 0.6) is 0 Å². The van der Waals surface area contributed by atoms with Gasteiger partial charge >= 0.3 is 0 Å². The fraction of sp³-hybridized carbons (Fsp3) is 1.00. The van der Waals surface area contributed by atoms with Gasteiger partial charge in [-0.05, 0) is 26.7 Å². The molecular weight excluding hydrogens is 228 g/mol. The Morgan fingerprint density at radius 2 is 1.94 bits per heavy atom. The minimum absolute atomic E-state index is 0.255. The second-order valence-corrected chi connectivity index (χ2v) is 6.09. The minimum Gasteiger partial charge on any atom is -0.393 e. The van der Waals surface area contributed by atoms with Crippen molar-refractivity contribution in [3.63, 3.8) is 0 Å². The van der Waals surface area contributed by atoms with Gasteiger partial charge in [0.2, 0.25) is 0 Å². The maximum Gasteiger partial charge on any atom is 0.279 e. The Hall–Kier alpha value is -0.170. The Balaban J connectivity index is 4.22. The molecule has 0 aromatic carbocycles. The van der Waals surface area contributed by atoms with Crippen LogP contribution in [0.2, 0.25) is 0 Å². The molecule has 0 spiro atoms. The number of rotatable bonds is 8. The van der Waals surface area contributed by atoms with Crippen molar-refractivity contribution in [1.29, 1.82) is 0 Å². The third-order valence-corrected chi connectivity index (χ3v) is 3.99. The first-order valence-electron chi connectivity index (χ1n) is 5.71. The average molecular weight is 252 g/mol. The molecule has 0 bridgehead atoms. The van der Waals surface area contributed by atoms with E-state index in [1.807, 2.05) is 6.92 Å². The van der Waals surface area contributed by atoms with E-state index in [9.17, 15) is 8.42 Å². The Bertz CT molecular complexity index is 278. The quantitative estimate of drug-likeness (QED) is 0.668. The van der Waals surface area contributed by atoms with Crippen LogP contribution < -0.4 is 4.72 Å². The molecule has 0 radical (unpaired) electrons. The highest BCUT2D eigenvalue weighted by atomic mass is 32.2. The van der Waals surface area contributed by atoms with Crippen molar-refractivity contribution in [1.82, 2.24) is 9.03 Å². The molecule has 16 heavy (non-hydrogen) atoms. The van der Waals surface area contributed by atoms with Crippen molar-refractivity contribution in [2.45, 2.75) is 52.2 Å². The molecule has 0 amide bonds. The molecule has 0 aromatic rings. The zero-order valence-corrected chi connectivity index (χ0v) is 11.4. The van der Waals surface area contributed by atoms with Gasteiger partial charge in [-0.2, -0.15) is 17.4 Å². The molecule has 0 heterocycles. The van der Waals surface area contributed by atoms with Gasteiger partial charge < -0.3 is 5.11 Å². The van der Waals surface area contributed by atoms with E-state index in [0.717, 1.165) is 12.8 Å². The van der Waals surface area contributed by atoms with Crippen LogP contribution in [0.1, 0.15) is 40.0 Å². The van der Waals surface area contributed by atoms with Crippen molar-refractivity contribution >= 4 is 10.2 Å². The maximum absolute atomic E-state index is 11.8. The van der Waals surface area contributed by atoms with Crippen LogP contribution in [0.4, 0.5) is 0 Å². The summed E-state index contributed by atoms with van der Waals surface area (Å²) in [5, 5.41) is 9.15. The predicted molar refractivity (Wildman–Crippen MR) is 65.4 cm³/mol. The van der Waals surface area contributed by atoms with Crippen LogP contribution in [-0.4, -0.2) is 43.6 Å². The molecule has 0 fully saturated rings. The van der Waals surface area contributed by atoms with E-state index in [1.165, 1.54) is 4.31 Å². The van der Waals surface area contributed by atoms with Crippen LogP contribution in [0.15, 0.2) is 0 Å². The lowest BCUT2D eigenvalue weighted by molar-refractivity contribution is 0.174. The smallest absolute Gasteiger partial charge is 0.279 e. The summed E-state index contributed by atoms with van der Waals surface area (Å²) < 4.78 is 27.4. The molecule has 98 valence electrons. The van der Waals surface area contributed by atoms with Gasteiger partial charge in [-0.1, -0.05) is 13.3 Å². The van der Waals surface area contributed by atoms with Crippen molar-refractivity contribution in [2.75, 3.05) is 13.6 Å². The molecule has 0 saturated carbocycles. The molecule has 0 saturated heterocycles. The molecule has 6 heteroatoms. The van der Waals surface area contributed by atoms with Crippen molar-refractivity contribution < 1.29 is 13.5 Å². The summed E-state index contributed by atoms with van der Waals surface area (Å²) in [5.41, 5.74) is 0. The minimum atomic E-state index is -3.41. The summed E-state index contributed by atoms with van der Waals surface area (Å²) in [6.07, 6.45) is 1.73. The zero-order chi connectivity index (χ0) is 12.8. The van der Waals surface area contributed by atoms with E-state index in [1.54, 1.807) is 20.9 Å². The average Bonchev–Trinajstić information content (AvgIpc) is 2.11. The first-order chi connectivity index (χ1) is 7.29.